The number of carbonyl (C=O) groups excluding carboxylic acids is 1. The van der Waals surface area contributed by atoms with Gasteiger partial charge in [0.1, 0.15) is 12.2 Å². The molecule has 1 saturated carbocycles. The van der Waals surface area contributed by atoms with E-state index in [4.69, 9.17) is 8.92 Å². The quantitative estimate of drug-likeness (QED) is 0.631. The Balaban J connectivity index is 2.13. The van der Waals surface area contributed by atoms with E-state index in [1.165, 1.54) is 19.1 Å². The van der Waals surface area contributed by atoms with Gasteiger partial charge in [-0.05, 0) is 38.3 Å². The first-order valence-corrected chi connectivity index (χ1v) is 8.46. The van der Waals surface area contributed by atoms with E-state index in [1.807, 2.05) is 6.92 Å². The molecule has 0 aliphatic heterocycles. The summed E-state index contributed by atoms with van der Waals surface area (Å²) in [4.78, 5) is 11.2. The van der Waals surface area contributed by atoms with E-state index in [2.05, 4.69) is 0 Å². The summed E-state index contributed by atoms with van der Waals surface area (Å²) >= 11 is 0. The fourth-order valence-electron chi connectivity index (χ4n) is 2.44. The Labute approximate surface area is 125 Å². The number of carbonyl (C=O) groups is 1. The zero-order valence-electron chi connectivity index (χ0n) is 12.2. The molecule has 5 nitrogen and oxygen atoms in total. The molecule has 0 aromatic heterocycles. The van der Waals surface area contributed by atoms with Gasteiger partial charge in [0.05, 0.1) is 4.90 Å². The van der Waals surface area contributed by atoms with Crippen molar-refractivity contribution in [2.24, 2.45) is 0 Å². The fourth-order valence-corrected chi connectivity index (χ4v) is 3.57. The van der Waals surface area contributed by atoms with Crippen LogP contribution in [-0.2, 0) is 23.8 Å². The summed E-state index contributed by atoms with van der Waals surface area (Å²) in [6.07, 6.45) is 1.88. The van der Waals surface area contributed by atoms with E-state index < -0.39 is 28.3 Å². The monoisotopic (exact) mass is 312 g/mol. The molecule has 0 saturated heterocycles. The summed E-state index contributed by atoms with van der Waals surface area (Å²) in [6, 6.07) is 6.49. The van der Waals surface area contributed by atoms with Crippen LogP contribution in [0.4, 0.5) is 0 Å². The topological polar surface area (TPSA) is 69.7 Å². The van der Waals surface area contributed by atoms with Crippen LogP contribution in [0, 0.1) is 6.92 Å². The highest BCUT2D eigenvalue weighted by Crippen LogP contribution is 2.27. The van der Waals surface area contributed by atoms with E-state index in [0.29, 0.717) is 12.8 Å². The largest absolute Gasteiger partial charge is 0.460 e. The molecular formula is C15H20O5S. The summed E-state index contributed by atoms with van der Waals surface area (Å²) < 4.78 is 35.1. The maximum absolute atomic E-state index is 12.3. The number of hydrogen-bond acceptors (Lipinski definition) is 5. The second-order valence-electron chi connectivity index (χ2n) is 5.33. The first-order valence-electron chi connectivity index (χ1n) is 7.05. The molecule has 0 N–H and O–H groups in total. The molecule has 1 fully saturated rings. The number of benzene rings is 1. The lowest BCUT2D eigenvalue weighted by Gasteiger charge is -2.30. The third-order valence-corrected chi connectivity index (χ3v) is 4.87. The number of hydrogen-bond donors (Lipinski definition) is 0. The van der Waals surface area contributed by atoms with Gasteiger partial charge >= 0.3 is 5.97 Å². The van der Waals surface area contributed by atoms with Gasteiger partial charge in [0.25, 0.3) is 10.1 Å². The zero-order valence-corrected chi connectivity index (χ0v) is 13.1. The Morgan fingerprint density at radius 2 is 1.67 bits per heavy atom. The first kappa shape index (κ1) is 16.0. The molecule has 0 amide bonds. The Bertz CT molecular complexity index is 591. The van der Waals surface area contributed by atoms with Crippen molar-refractivity contribution in [1.82, 2.24) is 0 Å². The standard InChI is InChI=1S/C15H20O5S/c1-11-7-9-13(10-8-11)21(17,18)20-15-6-4-3-5-14(15)19-12(2)16/h7-10,14-15H,3-6H2,1-2H3/t14-,15-/m1/s1. The van der Waals surface area contributed by atoms with Crippen LogP contribution in [0.2, 0.25) is 0 Å². The number of esters is 1. The van der Waals surface area contributed by atoms with Gasteiger partial charge in [-0.3, -0.25) is 8.98 Å². The number of rotatable bonds is 4. The highest BCUT2D eigenvalue weighted by molar-refractivity contribution is 7.86. The maximum Gasteiger partial charge on any atom is 0.302 e. The molecule has 1 aromatic carbocycles. The van der Waals surface area contributed by atoms with Crippen LogP contribution in [0.3, 0.4) is 0 Å². The number of ether oxygens (including phenoxy) is 1. The van der Waals surface area contributed by atoms with Crippen molar-refractivity contribution in [3.63, 3.8) is 0 Å². The van der Waals surface area contributed by atoms with Gasteiger partial charge in [0.15, 0.2) is 0 Å². The van der Waals surface area contributed by atoms with Crippen LogP contribution >= 0.6 is 0 Å². The average molecular weight is 312 g/mol. The lowest BCUT2D eigenvalue weighted by atomic mass is 9.95. The van der Waals surface area contributed by atoms with Gasteiger partial charge in [-0.1, -0.05) is 24.1 Å². The normalized spacial score (nSPS) is 22.8. The summed E-state index contributed by atoms with van der Waals surface area (Å²) in [5.41, 5.74) is 0.976. The second kappa shape index (κ2) is 6.58. The van der Waals surface area contributed by atoms with Crippen LogP contribution in [0.1, 0.15) is 38.2 Å². The van der Waals surface area contributed by atoms with Crippen LogP contribution in [-0.4, -0.2) is 26.6 Å². The van der Waals surface area contributed by atoms with Gasteiger partial charge in [0.2, 0.25) is 0 Å². The highest BCUT2D eigenvalue weighted by atomic mass is 32.2. The molecule has 0 unspecified atom stereocenters. The Morgan fingerprint density at radius 3 is 2.24 bits per heavy atom. The van der Waals surface area contributed by atoms with Crippen molar-refractivity contribution in [1.29, 1.82) is 0 Å². The molecule has 21 heavy (non-hydrogen) atoms. The lowest BCUT2D eigenvalue weighted by Crippen LogP contribution is -2.37. The molecule has 2 atom stereocenters. The first-order chi connectivity index (χ1) is 9.88. The van der Waals surface area contributed by atoms with Crippen molar-refractivity contribution < 1.29 is 22.1 Å². The van der Waals surface area contributed by atoms with Crippen molar-refractivity contribution in [2.75, 3.05) is 0 Å². The molecule has 0 spiro atoms. The lowest BCUT2D eigenvalue weighted by molar-refractivity contribution is -0.153. The van der Waals surface area contributed by atoms with Gasteiger partial charge < -0.3 is 4.74 Å². The summed E-state index contributed by atoms with van der Waals surface area (Å²) in [6.45, 7) is 3.20. The van der Waals surface area contributed by atoms with Crippen molar-refractivity contribution in [3.05, 3.63) is 29.8 Å². The molecule has 1 aliphatic rings. The van der Waals surface area contributed by atoms with Crippen molar-refractivity contribution >= 4 is 16.1 Å². The van der Waals surface area contributed by atoms with Crippen LogP contribution in [0.15, 0.2) is 29.2 Å². The van der Waals surface area contributed by atoms with Gasteiger partial charge in [0, 0.05) is 6.92 Å². The van der Waals surface area contributed by atoms with E-state index in [-0.39, 0.29) is 4.90 Å². The molecule has 6 heteroatoms. The van der Waals surface area contributed by atoms with Gasteiger partial charge in [-0.15, -0.1) is 0 Å². The summed E-state index contributed by atoms with van der Waals surface area (Å²) in [5, 5.41) is 0. The van der Waals surface area contributed by atoms with Crippen molar-refractivity contribution in [2.45, 2.75) is 56.6 Å². The average Bonchev–Trinajstić information content (AvgIpc) is 2.40. The minimum Gasteiger partial charge on any atom is -0.460 e. The van der Waals surface area contributed by atoms with Crippen LogP contribution < -0.4 is 0 Å². The molecule has 0 heterocycles. The van der Waals surface area contributed by atoms with Crippen LogP contribution in [0.25, 0.3) is 0 Å². The van der Waals surface area contributed by atoms with E-state index in [0.717, 1.165) is 18.4 Å². The van der Waals surface area contributed by atoms with E-state index in [9.17, 15) is 13.2 Å². The molecule has 1 aliphatic carbocycles. The highest BCUT2D eigenvalue weighted by Gasteiger charge is 2.33. The van der Waals surface area contributed by atoms with Gasteiger partial charge in [-0.2, -0.15) is 8.42 Å². The molecule has 116 valence electrons. The van der Waals surface area contributed by atoms with E-state index >= 15 is 0 Å². The SMILES string of the molecule is CC(=O)O[C@@H]1CCCC[C@H]1OS(=O)(=O)c1ccc(C)cc1. The summed E-state index contributed by atoms with van der Waals surface area (Å²) in [5.74, 6) is -0.414. The molecular weight excluding hydrogens is 292 g/mol. The fraction of sp³-hybridized carbons (Fsp3) is 0.533. The zero-order chi connectivity index (χ0) is 15.5. The van der Waals surface area contributed by atoms with Gasteiger partial charge in [-0.25, -0.2) is 0 Å². The minimum atomic E-state index is -3.84. The predicted octanol–water partition coefficient (Wildman–Crippen LogP) is 2.57. The molecule has 0 radical (unpaired) electrons. The van der Waals surface area contributed by atoms with Crippen molar-refractivity contribution in [3.8, 4) is 0 Å². The molecule has 1 aromatic rings. The second-order valence-corrected chi connectivity index (χ2v) is 6.91. The Morgan fingerprint density at radius 1 is 1.10 bits per heavy atom. The number of aryl methyl sites for hydroxylation is 1. The molecule has 2 rings (SSSR count). The Kier molecular flexibility index (Phi) is 5.00. The Hall–Kier alpha value is -1.40. The third-order valence-electron chi connectivity index (χ3n) is 3.52. The van der Waals surface area contributed by atoms with E-state index in [1.54, 1.807) is 12.1 Å². The third kappa shape index (κ3) is 4.28. The summed E-state index contributed by atoms with van der Waals surface area (Å²) in [7, 11) is -3.84. The predicted molar refractivity (Wildman–Crippen MR) is 77.3 cm³/mol. The maximum atomic E-state index is 12.3. The molecule has 0 bridgehead atoms. The smallest absolute Gasteiger partial charge is 0.302 e. The minimum absolute atomic E-state index is 0.125. The van der Waals surface area contributed by atoms with Crippen LogP contribution in [0.5, 0.6) is 0 Å².